The summed E-state index contributed by atoms with van der Waals surface area (Å²) < 4.78 is 0. The first-order chi connectivity index (χ1) is 22.6. The van der Waals surface area contributed by atoms with Crippen molar-refractivity contribution < 1.29 is 4.79 Å². The lowest BCUT2D eigenvalue weighted by atomic mass is 9.82. The highest BCUT2D eigenvalue weighted by atomic mass is 32.1. The minimum absolute atomic E-state index is 0.142. The highest BCUT2D eigenvalue weighted by Gasteiger charge is 2.40. The number of rotatable bonds is 7. The Morgan fingerprint density at radius 1 is 0.638 bits per heavy atom. The highest BCUT2D eigenvalue weighted by molar-refractivity contribution is 7.16. The molecule has 0 spiro atoms. The van der Waals surface area contributed by atoms with E-state index >= 15 is 0 Å². The molecule has 2 nitrogen and oxygen atoms in total. The molecular weight excluding hydrogens is 591 g/mol. The van der Waals surface area contributed by atoms with Gasteiger partial charge in [-0.25, -0.2) is 0 Å². The monoisotopic (exact) mass is 631 g/mol. The molecule has 0 N–H and O–H groups in total. The van der Waals surface area contributed by atoms with Gasteiger partial charge >= 0.3 is 0 Å². The predicted octanol–water partition coefficient (Wildman–Crippen LogP) is 12.8. The van der Waals surface area contributed by atoms with Gasteiger partial charge in [0, 0.05) is 43.4 Å². The van der Waals surface area contributed by atoms with Gasteiger partial charge in [0.25, 0.3) is 0 Å². The lowest BCUT2D eigenvalue weighted by Gasteiger charge is -2.26. The molecule has 0 fully saturated rings. The second kappa shape index (κ2) is 12.1. The first-order valence-electron chi connectivity index (χ1n) is 16.6. The van der Waals surface area contributed by atoms with Crippen molar-refractivity contribution in [3.05, 3.63) is 154 Å². The van der Waals surface area contributed by atoms with Crippen molar-refractivity contribution in [2.75, 3.05) is 4.90 Å². The van der Waals surface area contributed by atoms with Gasteiger partial charge in [-0.15, -0.1) is 11.3 Å². The third-order valence-corrected chi connectivity index (χ3v) is 10.8. The predicted molar refractivity (Wildman–Crippen MR) is 202 cm³/mol. The van der Waals surface area contributed by atoms with Gasteiger partial charge in [0.15, 0.2) is 5.78 Å². The van der Waals surface area contributed by atoms with Gasteiger partial charge in [-0.3, -0.25) is 4.79 Å². The van der Waals surface area contributed by atoms with Crippen LogP contribution in [0.5, 0.6) is 0 Å². The summed E-state index contributed by atoms with van der Waals surface area (Å²) in [6.45, 7) is 13.2. The molecule has 0 saturated carbocycles. The smallest absolute Gasteiger partial charge is 0.190 e. The third-order valence-electron chi connectivity index (χ3n) is 9.68. The number of allylic oxidation sites excluding steroid dienone is 1. The van der Waals surface area contributed by atoms with Gasteiger partial charge in [0.1, 0.15) is 0 Å². The molecule has 1 aromatic heterocycles. The van der Waals surface area contributed by atoms with Crippen molar-refractivity contribution in [2.45, 2.75) is 58.8 Å². The number of carbonyl (C=O) groups excluding carboxylic acids is 1. The zero-order valence-corrected chi connectivity index (χ0v) is 28.9. The van der Waals surface area contributed by atoms with Crippen LogP contribution in [-0.2, 0) is 5.41 Å². The van der Waals surface area contributed by atoms with E-state index < -0.39 is 0 Å². The summed E-state index contributed by atoms with van der Waals surface area (Å²) in [6.07, 6.45) is 2.10. The number of nitrogens with zero attached hydrogens (tertiary/aromatic N) is 1. The summed E-state index contributed by atoms with van der Waals surface area (Å²) in [5.41, 5.74) is 9.79. The van der Waals surface area contributed by atoms with E-state index in [4.69, 9.17) is 0 Å². The standard InChI is InChI=1S/C44H41NOS/c1-28(2)30-13-18-35(19-14-30)45(36-20-15-31(16-21-36)29(3)4)37-22-17-32-25-34(12-11-33(32)26-37)42-24-23-38(47-42)27-41-43(46)39-9-7-8-10-40(39)44(41,5)6/h7-29H,1-6H3/b41-27-. The average molecular weight is 632 g/mol. The number of carbonyl (C=O) groups is 1. The Kier molecular flexibility index (Phi) is 7.98. The largest absolute Gasteiger partial charge is 0.310 e. The van der Waals surface area contributed by atoms with Crippen molar-refractivity contribution in [3.8, 4) is 10.4 Å². The number of hydrogen-bond acceptors (Lipinski definition) is 3. The van der Waals surface area contributed by atoms with E-state index in [-0.39, 0.29) is 11.2 Å². The summed E-state index contributed by atoms with van der Waals surface area (Å²) in [5, 5.41) is 2.40. The Morgan fingerprint density at radius 3 is 1.83 bits per heavy atom. The van der Waals surface area contributed by atoms with Crippen LogP contribution < -0.4 is 4.90 Å². The van der Waals surface area contributed by atoms with Gasteiger partial charge in [-0.2, -0.15) is 0 Å². The van der Waals surface area contributed by atoms with Gasteiger partial charge in [0.2, 0.25) is 0 Å². The van der Waals surface area contributed by atoms with E-state index in [0.717, 1.165) is 38.6 Å². The zero-order valence-electron chi connectivity index (χ0n) is 28.0. The van der Waals surface area contributed by atoms with Crippen LogP contribution in [0.25, 0.3) is 27.3 Å². The fraction of sp³-hybridized carbons (Fsp3) is 0.205. The molecule has 47 heavy (non-hydrogen) atoms. The molecule has 234 valence electrons. The maximum atomic E-state index is 13.3. The zero-order chi connectivity index (χ0) is 32.9. The summed E-state index contributed by atoms with van der Waals surface area (Å²) in [5.74, 6) is 1.12. The van der Waals surface area contributed by atoms with E-state index in [1.165, 1.54) is 32.3 Å². The van der Waals surface area contributed by atoms with E-state index in [1.54, 1.807) is 11.3 Å². The number of thiophene rings is 1. The number of Topliss-reactive ketones (excluding diaryl/α,β-unsaturated/α-hetero) is 1. The van der Waals surface area contributed by atoms with Gasteiger partial charge in [-0.05, 0) is 106 Å². The first-order valence-corrected chi connectivity index (χ1v) is 17.4. The first kappa shape index (κ1) is 30.9. The summed E-state index contributed by atoms with van der Waals surface area (Å²) >= 11 is 1.73. The SMILES string of the molecule is CC(C)c1ccc(N(c2ccc(C(C)C)cc2)c2ccc3cc(-c4ccc(/C=C5/C(=O)c6ccccc6C5(C)C)s4)ccc3c2)cc1. The van der Waals surface area contributed by atoms with Crippen LogP contribution in [0, 0.1) is 0 Å². The fourth-order valence-electron chi connectivity index (χ4n) is 6.76. The molecule has 0 atom stereocenters. The molecule has 0 aliphatic heterocycles. The fourth-order valence-corrected chi connectivity index (χ4v) is 7.71. The average Bonchev–Trinajstić information content (AvgIpc) is 3.62. The molecule has 0 saturated heterocycles. The summed E-state index contributed by atoms with van der Waals surface area (Å²) in [7, 11) is 0. The maximum absolute atomic E-state index is 13.3. The van der Waals surface area contributed by atoms with Crippen LogP contribution in [-0.4, -0.2) is 5.78 Å². The van der Waals surface area contributed by atoms with Crippen molar-refractivity contribution in [1.29, 1.82) is 0 Å². The second-order valence-electron chi connectivity index (χ2n) is 13.8. The number of fused-ring (bicyclic) bond motifs is 2. The molecule has 5 aromatic carbocycles. The van der Waals surface area contributed by atoms with Crippen molar-refractivity contribution in [3.63, 3.8) is 0 Å². The van der Waals surface area contributed by atoms with Gasteiger partial charge in [-0.1, -0.05) is 108 Å². The van der Waals surface area contributed by atoms with Gasteiger partial charge in [0.05, 0.1) is 0 Å². The van der Waals surface area contributed by atoms with E-state index in [0.29, 0.717) is 11.8 Å². The van der Waals surface area contributed by atoms with E-state index in [2.05, 4.69) is 156 Å². The number of anilines is 3. The summed E-state index contributed by atoms with van der Waals surface area (Å²) in [6, 6.07) is 43.7. The van der Waals surface area contributed by atoms with Crippen molar-refractivity contribution in [2.24, 2.45) is 0 Å². The molecule has 0 unspecified atom stereocenters. The van der Waals surface area contributed by atoms with Crippen LogP contribution in [0.2, 0.25) is 0 Å². The van der Waals surface area contributed by atoms with E-state index in [9.17, 15) is 4.79 Å². The number of benzene rings is 5. The normalized spacial score (nSPS) is 14.8. The number of hydrogen-bond donors (Lipinski definition) is 0. The minimum atomic E-state index is -0.306. The van der Waals surface area contributed by atoms with Crippen LogP contribution in [0.3, 0.4) is 0 Å². The summed E-state index contributed by atoms with van der Waals surface area (Å²) in [4.78, 5) is 18.0. The quantitative estimate of drug-likeness (QED) is 0.163. The van der Waals surface area contributed by atoms with Crippen LogP contribution in [0.4, 0.5) is 17.1 Å². The molecule has 1 heterocycles. The third kappa shape index (κ3) is 5.74. The molecule has 1 aliphatic carbocycles. The Balaban J connectivity index is 1.21. The molecule has 6 aromatic rings. The molecule has 0 bridgehead atoms. The van der Waals surface area contributed by atoms with E-state index in [1.807, 2.05) is 18.2 Å². The molecule has 0 amide bonds. The van der Waals surface area contributed by atoms with Crippen LogP contribution >= 0.6 is 11.3 Å². The Bertz CT molecular complexity index is 2080. The van der Waals surface area contributed by atoms with Crippen LogP contribution in [0.15, 0.2) is 127 Å². The van der Waals surface area contributed by atoms with Crippen molar-refractivity contribution in [1.82, 2.24) is 0 Å². The van der Waals surface area contributed by atoms with Crippen molar-refractivity contribution >= 4 is 51.0 Å². The highest BCUT2D eigenvalue weighted by Crippen LogP contribution is 2.44. The van der Waals surface area contributed by atoms with Gasteiger partial charge < -0.3 is 4.90 Å². The lowest BCUT2D eigenvalue weighted by molar-refractivity contribution is 0.103. The molecule has 1 aliphatic rings. The Morgan fingerprint density at radius 2 is 1.21 bits per heavy atom. The Labute approximate surface area is 283 Å². The maximum Gasteiger partial charge on any atom is 0.190 e. The molecule has 7 rings (SSSR count). The second-order valence-corrected chi connectivity index (χ2v) is 14.9. The minimum Gasteiger partial charge on any atom is -0.310 e. The molecular formula is C44H41NOS. The lowest BCUT2D eigenvalue weighted by Crippen LogP contribution is -2.16. The Hall–Kier alpha value is -4.73. The topological polar surface area (TPSA) is 20.3 Å². The van der Waals surface area contributed by atoms with Crippen LogP contribution in [0.1, 0.15) is 85.3 Å². The number of ketones is 1. The molecule has 0 radical (unpaired) electrons. The molecule has 3 heteroatoms.